The van der Waals surface area contributed by atoms with Crippen LogP contribution in [0.4, 0.5) is 15.8 Å². The number of halogens is 1. The molecule has 0 aliphatic rings. The van der Waals surface area contributed by atoms with Gasteiger partial charge in [-0.15, -0.1) is 0 Å². The maximum absolute atomic E-state index is 12.9. The van der Waals surface area contributed by atoms with Crippen molar-refractivity contribution in [2.45, 2.75) is 0 Å². The summed E-state index contributed by atoms with van der Waals surface area (Å²) in [5, 5.41) is 6.25. The predicted molar refractivity (Wildman–Crippen MR) is 85.1 cm³/mol. The molecule has 0 aliphatic heterocycles. The topological polar surface area (TPSA) is 103 Å². The lowest BCUT2D eigenvalue weighted by atomic mass is 10.1. The van der Waals surface area contributed by atoms with E-state index in [9.17, 15) is 9.18 Å². The van der Waals surface area contributed by atoms with E-state index in [-0.39, 0.29) is 11.6 Å². The van der Waals surface area contributed by atoms with Crippen LogP contribution in [-0.4, -0.2) is 23.2 Å². The van der Waals surface area contributed by atoms with Gasteiger partial charge in [-0.3, -0.25) is 4.79 Å². The second kappa shape index (κ2) is 6.37. The number of hydrogen-bond acceptors (Lipinski definition) is 6. The van der Waals surface area contributed by atoms with Gasteiger partial charge in [0, 0.05) is 11.8 Å². The molecule has 1 aromatic carbocycles. The van der Waals surface area contributed by atoms with Crippen LogP contribution in [0, 0.1) is 5.95 Å². The van der Waals surface area contributed by atoms with E-state index < -0.39 is 11.9 Å². The molecule has 3 aromatic rings. The number of nitrogen functional groups attached to an aromatic ring is 1. The number of methoxy groups -OCH3 is 1. The number of nitrogens with two attached hydrogens (primary N) is 1. The van der Waals surface area contributed by atoms with E-state index >= 15 is 0 Å². The number of carbonyl (C=O) groups excluding carboxylic acids is 1. The van der Waals surface area contributed by atoms with Crippen molar-refractivity contribution in [3.8, 4) is 17.1 Å². The van der Waals surface area contributed by atoms with Crippen LogP contribution in [0.3, 0.4) is 0 Å². The van der Waals surface area contributed by atoms with Crippen molar-refractivity contribution in [1.29, 1.82) is 0 Å². The number of nitrogens with one attached hydrogen (secondary N) is 1. The average Bonchev–Trinajstić information content (AvgIpc) is 3.07. The SMILES string of the molecule is COc1cc(C(=O)Nc2cc(-c3ccc(F)nc3)ccc2N)no1. The Kier molecular flexibility index (Phi) is 4.11. The molecule has 0 aliphatic carbocycles. The van der Waals surface area contributed by atoms with Gasteiger partial charge < -0.3 is 20.3 Å². The Bertz CT molecular complexity index is 877. The zero-order valence-corrected chi connectivity index (χ0v) is 12.6. The van der Waals surface area contributed by atoms with Crippen LogP contribution in [0.25, 0.3) is 11.1 Å². The zero-order chi connectivity index (χ0) is 17.1. The molecule has 7 nitrogen and oxygen atoms in total. The lowest BCUT2D eigenvalue weighted by Crippen LogP contribution is -2.13. The Balaban J connectivity index is 1.86. The Morgan fingerprint density at radius 1 is 1.25 bits per heavy atom. The van der Waals surface area contributed by atoms with Gasteiger partial charge in [-0.2, -0.15) is 4.39 Å². The summed E-state index contributed by atoms with van der Waals surface area (Å²) in [6.07, 6.45) is 1.40. The van der Waals surface area contributed by atoms with Crippen molar-refractivity contribution < 1.29 is 18.4 Å². The molecular formula is C16H13FN4O3. The van der Waals surface area contributed by atoms with Gasteiger partial charge in [0.05, 0.1) is 24.6 Å². The standard InChI is InChI=1S/C16H13FN4O3/c1-23-15-7-13(21-24-15)16(22)20-12-6-9(2-4-11(12)18)10-3-5-14(17)19-8-10/h2-8H,18H2,1H3,(H,20,22). The number of pyridine rings is 1. The maximum Gasteiger partial charge on any atom is 0.311 e. The Hall–Kier alpha value is -3.42. The molecule has 0 radical (unpaired) electrons. The number of hydrogen-bond donors (Lipinski definition) is 2. The Morgan fingerprint density at radius 3 is 2.71 bits per heavy atom. The number of benzene rings is 1. The van der Waals surface area contributed by atoms with Crippen LogP contribution in [-0.2, 0) is 0 Å². The van der Waals surface area contributed by atoms with Crippen molar-refractivity contribution >= 4 is 17.3 Å². The molecule has 0 fully saturated rings. The first kappa shape index (κ1) is 15.5. The smallest absolute Gasteiger partial charge is 0.311 e. The molecule has 8 heteroatoms. The summed E-state index contributed by atoms with van der Waals surface area (Å²) in [5.41, 5.74) is 8.13. The van der Waals surface area contributed by atoms with E-state index in [0.717, 1.165) is 5.56 Å². The van der Waals surface area contributed by atoms with Crippen molar-refractivity contribution in [1.82, 2.24) is 10.1 Å². The van der Waals surface area contributed by atoms with Crippen LogP contribution in [0.1, 0.15) is 10.5 Å². The zero-order valence-electron chi connectivity index (χ0n) is 12.6. The highest BCUT2D eigenvalue weighted by molar-refractivity contribution is 6.05. The summed E-state index contributed by atoms with van der Waals surface area (Å²) in [5.74, 6) is -0.940. The molecule has 0 saturated heterocycles. The number of aromatic nitrogens is 2. The third-order valence-corrected chi connectivity index (χ3v) is 3.28. The van der Waals surface area contributed by atoms with Crippen LogP contribution < -0.4 is 15.8 Å². The van der Waals surface area contributed by atoms with Crippen LogP contribution >= 0.6 is 0 Å². The van der Waals surface area contributed by atoms with E-state index in [4.69, 9.17) is 15.0 Å². The highest BCUT2D eigenvalue weighted by Gasteiger charge is 2.15. The maximum atomic E-state index is 12.9. The molecule has 2 aromatic heterocycles. The minimum Gasteiger partial charge on any atom is -0.467 e. The minimum atomic E-state index is -0.567. The Morgan fingerprint density at radius 2 is 2.04 bits per heavy atom. The summed E-state index contributed by atoms with van der Waals surface area (Å²) in [7, 11) is 1.40. The number of rotatable bonds is 4. The second-order valence-electron chi connectivity index (χ2n) is 4.86. The molecule has 0 spiro atoms. The first-order valence-corrected chi connectivity index (χ1v) is 6.90. The molecule has 0 unspecified atom stereocenters. The van der Waals surface area contributed by atoms with Crippen LogP contribution in [0.5, 0.6) is 5.95 Å². The molecule has 3 N–H and O–H groups in total. The highest BCUT2D eigenvalue weighted by atomic mass is 19.1. The largest absolute Gasteiger partial charge is 0.467 e. The van der Waals surface area contributed by atoms with Gasteiger partial charge in [0.1, 0.15) is 0 Å². The fraction of sp³-hybridized carbons (Fsp3) is 0.0625. The molecule has 0 atom stereocenters. The number of ether oxygens (including phenoxy) is 1. The summed E-state index contributed by atoms with van der Waals surface area (Å²) in [4.78, 5) is 15.8. The lowest BCUT2D eigenvalue weighted by Gasteiger charge is -2.09. The molecule has 24 heavy (non-hydrogen) atoms. The summed E-state index contributed by atoms with van der Waals surface area (Å²) < 4.78 is 22.6. The fourth-order valence-corrected chi connectivity index (χ4v) is 2.04. The van der Waals surface area contributed by atoms with Gasteiger partial charge in [0.2, 0.25) is 5.95 Å². The average molecular weight is 328 g/mol. The normalized spacial score (nSPS) is 10.4. The number of anilines is 2. The van der Waals surface area contributed by atoms with E-state index in [1.54, 1.807) is 24.3 Å². The van der Waals surface area contributed by atoms with Crippen molar-refractivity contribution in [2.75, 3.05) is 18.2 Å². The third-order valence-electron chi connectivity index (χ3n) is 3.28. The quantitative estimate of drug-likeness (QED) is 0.564. The van der Waals surface area contributed by atoms with Gasteiger partial charge in [-0.25, -0.2) is 4.98 Å². The van der Waals surface area contributed by atoms with Crippen LogP contribution in [0.2, 0.25) is 0 Å². The van der Waals surface area contributed by atoms with Gasteiger partial charge in [0.25, 0.3) is 5.91 Å². The fourth-order valence-electron chi connectivity index (χ4n) is 2.04. The summed E-state index contributed by atoms with van der Waals surface area (Å²) in [6, 6.07) is 9.25. The molecular weight excluding hydrogens is 315 g/mol. The third kappa shape index (κ3) is 3.17. The predicted octanol–water partition coefficient (Wildman–Crippen LogP) is 2.72. The van der Waals surface area contributed by atoms with Crippen molar-refractivity contribution in [2.24, 2.45) is 0 Å². The van der Waals surface area contributed by atoms with E-state index in [2.05, 4.69) is 15.5 Å². The molecule has 3 rings (SSSR count). The second-order valence-corrected chi connectivity index (χ2v) is 4.86. The lowest BCUT2D eigenvalue weighted by molar-refractivity contribution is 0.101. The van der Waals surface area contributed by atoms with E-state index in [0.29, 0.717) is 16.9 Å². The van der Waals surface area contributed by atoms with Crippen molar-refractivity contribution in [3.63, 3.8) is 0 Å². The number of nitrogens with zero attached hydrogens (tertiary/aromatic N) is 2. The van der Waals surface area contributed by atoms with Gasteiger partial charge in [-0.1, -0.05) is 11.2 Å². The first-order chi connectivity index (χ1) is 11.6. The van der Waals surface area contributed by atoms with Crippen LogP contribution in [0.15, 0.2) is 47.1 Å². The molecule has 1 amide bonds. The van der Waals surface area contributed by atoms with E-state index in [1.807, 2.05) is 0 Å². The van der Waals surface area contributed by atoms with Gasteiger partial charge in [-0.05, 0) is 29.8 Å². The number of carbonyl (C=O) groups is 1. The van der Waals surface area contributed by atoms with E-state index in [1.165, 1.54) is 25.4 Å². The van der Waals surface area contributed by atoms with Gasteiger partial charge in [0.15, 0.2) is 5.69 Å². The van der Waals surface area contributed by atoms with Gasteiger partial charge >= 0.3 is 5.95 Å². The number of amides is 1. The monoisotopic (exact) mass is 328 g/mol. The highest BCUT2D eigenvalue weighted by Crippen LogP contribution is 2.27. The first-order valence-electron chi connectivity index (χ1n) is 6.90. The molecule has 2 heterocycles. The summed E-state index contributed by atoms with van der Waals surface area (Å²) >= 11 is 0. The minimum absolute atomic E-state index is 0.0556. The van der Waals surface area contributed by atoms with Crippen molar-refractivity contribution in [3.05, 3.63) is 54.2 Å². The molecule has 122 valence electrons. The molecule has 0 bridgehead atoms. The Labute approximate surface area is 136 Å². The summed E-state index contributed by atoms with van der Waals surface area (Å²) in [6.45, 7) is 0. The molecule has 0 saturated carbocycles.